The van der Waals surface area contributed by atoms with Crippen molar-refractivity contribution in [3.05, 3.63) is 58.4 Å². The minimum Gasteiger partial charge on any atom is -0.479 e. The van der Waals surface area contributed by atoms with Crippen molar-refractivity contribution in [2.24, 2.45) is 0 Å². The highest BCUT2D eigenvalue weighted by atomic mass is 35.5. The lowest BCUT2D eigenvalue weighted by Gasteiger charge is -2.29. The van der Waals surface area contributed by atoms with Gasteiger partial charge in [-0.05, 0) is 55.3 Å². The summed E-state index contributed by atoms with van der Waals surface area (Å²) in [7, 11) is 0.793. The molecule has 2 aromatic carbocycles. The molecule has 1 atom stereocenters. The molecule has 1 aromatic heterocycles. The number of aromatic hydroxyl groups is 1. The summed E-state index contributed by atoms with van der Waals surface area (Å²) < 4.78 is 57.7. The number of ether oxygens (including phenoxy) is 1. The lowest BCUT2D eigenvalue weighted by molar-refractivity contribution is -0.253. The van der Waals surface area contributed by atoms with Crippen molar-refractivity contribution in [1.29, 1.82) is 0 Å². The molecule has 7 nitrogen and oxygen atoms in total. The first kappa shape index (κ1) is 25.3. The zero-order valence-electron chi connectivity index (χ0n) is 18.2. The van der Waals surface area contributed by atoms with Gasteiger partial charge in [-0.3, -0.25) is 4.79 Å². The Kier molecular flexibility index (Phi) is 7.08. The van der Waals surface area contributed by atoms with E-state index in [9.17, 15) is 27.5 Å². The van der Waals surface area contributed by atoms with Gasteiger partial charge < -0.3 is 15.2 Å². The number of methoxy groups -OCH3 is 1. The minimum absolute atomic E-state index is 0.0281. The molecule has 1 amide bonds. The van der Waals surface area contributed by atoms with Crippen LogP contribution < -0.4 is 5.32 Å². The van der Waals surface area contributed by atoms with Crippen molar-refractivity contribution >= 4 is 17.5 Å². The summed E-state index contributed by atoms with van der Waals surface area (Å²) in [6, 6.07) is 7.94. The van der Waals surface area contributed by atoms with E-state index < -0.39 is 29.5 Å². The number of hydrogen-bond acceptors (Lipinski definition) is 6. The van der Waals surface area contributed by atoms with E-state index in [4.69, 9.17) is 11.6 Å². The second-order valence-corrected chi connectivity index (χ2v) is 7.89. The molecule has 0 radical (unpaired) electrons. The van der Waals surface area contributed by atoms with Gasteiger partial charge in [-0.25, -0.2) is 9.37 Å². The maximum atomic E-state index is 13.6. The van der Waals surface area contributed by atoms with E-state index in [1.807, 2.05) is 0 Å². The number of benzene rings is 2. The number of nitrogens with one attached hydrogen (secondary N) is 1. The molecule has 0 bridgehead atoms. The van der Waals surface area contributed by atoms with E-state index >= 15 is 0 Å². The number of aromatic nitrogens is 3. The Labute approximate surface area is 196 Å². The van der Waals surface area contributed by atoms with E-state index in [1.54, 1.807) is 6.92 Å². The van der Waals surface area contributed by atoms with Crippen LogP contribution in [0.4, 0.5) is 17.6 Å². The van der Waals surface area contributed by atoms with E-state index in [-0.39, 0.29) is 28.8 Å². The third-order valence-corrected chi connectivity index (χ3v) is 5.48. The molecule has 12 heteroatoms. The van der Waals surface area contributed by atoms with Crippen LogP contribution in [0.5, 0.6) is 6.01 Å². The molecule has 2 N–H and O–H groups in total. The van der Waals surface area contributed by atoms with Crippen molar-refractivity contribution in [2.75, 3.05) is 7.11 Å². The summed E-state index contributed by atoms with van der Waals surface area (Å²) in [4.78, 5) is 24.2. The third kappa shape index (κ3) is 5.10. The molecule has 34 heavy (non-hydrogen) atoms. The van der Waals surface area contributed by atoms with Gasteiger partial charge in [0.25, 0.3) is 5.91 Å². The number of rotatable bonds is 6. The van der Waals surface area contributed by atoms with Crippen molar-refractivity contribution in [1.82, 2.24) is 20.3 Å². The molecule has 0 aliphatic heterocycles. The van der Waals surface area contributed by atoms with Crippen molar-refractivity contribution in [2.45, 2.75) is 32.2 Å². The first-order valence-corrected chi connectivity index (χ1v) is 10.1. The number of carbonyl (C=O) groups excluding carboxylic acids is 1. The fourth-order valence-corrected chi connectivity index (χ4v) is 3.14. The second kappa shape index (κ2) is 9.51. The van der Waals surface area contributed by atoms with Gasteiger partial charge in [-0.1, -0.05) is 17.7 Å². The normalized spacial score (nSPS) is 13.4. The average Bonchev–Trinajstić information content (AvgIpc) is 2.78. The van der Waals surface area contributed by atoms with Crippen LogP contribution in [0, 0.1) is 12.7 Å². The van der Waals surface area contributed by atoms with Crippen molar-refractivity contribution in [3.8, 4) is 28.8 Å². The maximum absolute atomic E-state index is 13.6. The van der Waals surface area contributed by atoms with E-state index in [2.05, 4.69) is 25.0 Å². The molecule has 3 rings (SSSR count). The average molecular weight is 499 g/mol. The van der Waals surface area contributed by atoms with Crippen LogP contribution in [0.2, 0.25) is 5.02 Å². The van der Waals surface area contributed by atoms with Gasteiger partial charge in [0, 0.05) is 24.8 Å². The number of amides is 1. The molecule has 3 aromatic rings. The number of halogens is 5. The Morgan fingerprint density at radius 3 is 2.41 bits per heavy atom. The van der Waals surface area contributed by atoms with Gasteiger partial charge in [-0.2, -0.15) is 23.1 Å². The second-order valence-electron chi connectivity index (χ2n) is 7.48. The van der Waals surface area contributed by atoms with Crippen LogP contribution in [0.1, 0.15) is 18.1 Å². The maximum Gasteiger partial charge on any atom is 0.426 e. The van der Waals surface area contributed by atoms with Crippen LogP contribution in [-0.4, -0.2) is 44.9 Å². The van der Waals surface area contributed by atoms with E-state index in [1.165, 1.54) is 36.4 Å². The fraction of sp³-hybridized carbons (Fsp3) is 0.273. The van der Waals surface area contributed by atoms with Crippen molar-refractivity contribution in [3.63, 3.8) is 0 Å². The number of hydrogen-bond donors (Lipinski definition) is 2. The first-order valence-electron chi connectivity index (χ1n) is 9.76. The number of alkyl halides is 3. The predicted molar refractivity (Wildman–Crippen MR) is 115 cm³/mol. The molecule has 180 valence electrons. The minimum atomic E-state index is -4.92. The summed E-state index contributed by atoms with van der Waals surface area (Å²) >= 11 is 6.26. The Morgan fingerprint density at radius 1 is 1.12 bits per heavy atom. The van der Waals surface area contributed by atoms with Gasteiger partial charge in [0.1, 0.15) is 5.82 Å². The first-order chi connectivity index (χ1) is 15.9. The lowest BCUT2D eigenvalue weighted by atomic mass is 10.0. The fourth-order valence-electron chi connectivity index (χ4n) is 2.94. The molecule has 0 saturated carbocycles. The van der Waals surface area contributed by atoms with Gasteiger partial charge >= 0.3 is 12.2 Å². The van der Waals surface area contributed by atoms with Crippen LogP contribution in [0.3, 0.4) is 0 Å². The molecule has 0 aliphatic rings. The SMILES string of the molecule is CO[C@](C)(C(=O)NCc1ccc(Cl)c(-c2nc(O)nc(-c3ccc(F)c(C)c3)n2)c1)C(F)(F)F. The summed E-state index contributed by atoms with van der Waals surface area (Å²) in [5.41, 5.74) is -1.64. The van der Waals surface area contributed by atoms with E-state index in [0.29, 0.717) is 23.6 Å². The van der Waals surface area contributed by atoms with Crippen LogP contribution in [0.25, 0.3) is 22.8 Å². The Hall–Kier alpha value is -3.31. The summed E-state index contributed by atoms with van der Waals surface area (Å²) in [6.45, 7) is 1.91. The molecule has 0 fully saturated rings. The molecule has 0 spiro atoms. The molecule has 0 unspecified atom stereocenters. The third-order valence-electron chi connectivity index (χ3n) is 5.15. The summed E-state index contributed by atoms with van der Waals surface area (Å²) in [6.07, 6.45) is -4.92. The number of carbonyl (C=O) groups is 1. The quantitative estimate of drug-likeness (QED) is 0.482. The molecule has 1 heterocycles. The van der Waals surface area contributed by atoms with Crippen LogP contribution >= 0.6 is 11.6 Å². The smallest absolute Gasteiger partial charge is 0.426 e. The molecular formula is C22H19ClF4N4O3. The standard InChI is InChI=1S/C22H19ClF4N4O3/c1-11-8-13(5-7-16(11)24)17-29-18(31-20(33)30-17)14-9-12(4-6-15(14)23)10-28-19(32)21(2,34-3)22(25,26)27/h4-9H,10H2,1-3H3,(H,28,32)(H,29,30,31,33)/t21-/m1/s1. The topological polar surface area (TPSA) is 97.2 Å². The largest absolute Gasteiger partial charge is 0.479 e. The van der Waals surface area contributed by atoms with Crippen molar-refractivity contribution < 1.29 is 32.2 Å². The van der Waals surface area contributed by atoms with Gasteiger partial charge in [0.15, 0.2) is 11.6 Å². The highest BCUT2D eigenvalue weighted by Gasteiger charge is 2.57. The zero-order chi connectivity index (χ0) is 25.3. The number of nitrogens with zero attached hydrogens (tertiary/aromatic N) is 3. The summed E-state index contributed by atoms with van der Waals surface area (Å²) in [5, 5.41) is 12.4. The Morgan fingerprint density at radius 2 is 1.79 bits per heavy atom. The van der Waals surface area contributed by atoms with Gasteiger partial charge in [0.05, 0.1) is 5.02 Å². The number of aryl methyl sites for hydroxylation is 1. The predicted octanol–water partition coefficient (Wildman–Crippen LogP) is 4.60. The zero-order valence-corrected chi connectivity index (χ0v) is 18.9. The summed E-state index contributed by atoms with van der Waals surface area (Å²) in [5.74, 6) is -1.76. The van der Waals surface area contributed by atoms with E-state index in [0.717, 1.165) is 7.11 Å². The molecular weight excluding hydrogens is 480 g/mol. The monoisotopic (exact) mass is 498 g/mol. The molecule has 0 aliphatic carbocycles. The van der Waals surface area contributed by atoms with Crippen LogP contribution in [0.15, 0.2) is 36.4 Å². The lowest BCUT2D eigenvalue weighted by Crippen LogP contribution is -2.55. The molecule has 0 saturated heterocycles. The Balaban J connectivity index is 1.91. The highest BCUT2D eigenvalue weighted by Crippen LogP contribution is 2.33. The Bertz CT molecular complexity index is 1240. The van der Waals surface area contributed by atoms with Crippen LogP contribution in [-0.2, 0) is 16.1 Å². The van der Waals surface area contributed by atoms with Gasteiger partial charge in [-0.15, -0.1) is 0 Å². The highest BCUT2D eigenvalue weighted by molar-refractivity contribution is 6.33. The van der Waals surface area contributed by atoms with Gasteiger partial charge in [0.2, 0.25) is 5.60 Å².